The lowest BCUT2D eigenvalue weighted by Gasteiger charge is -2.13. The minimum absolute atomic E-state index is 0.0375. The number of alkyl halides is 3. The van der Waals surface area contributed by atoms with Gasteiger partial charge in [-0.3, -0.25) is 0 Å². The van der Waals surface area contributed by atoms with Crippen molar-refractivity contribution in [2.45, 2.75) is 12.7 Å². The first-order chi connectivity index (χ1) is 8.45. The van der Waals surface area contributed by atoms with Crippen molar-refractivity contribution in [1.82, 2.24) is 9.78 Å². The van der Waals surface area contributed by atoms with E-state index in [9.17, 15) is 18.3 Å². The van der Waals surface area contributed by atoms with Gasteiger partial charge in [-0.25, -0.2) is 4.68 Å². The highest BCUT2D eigenvalue weighted by atomic mass is 19.4. The molecule has 7 heteroatoms. The number of halogens is 3. The van der Waals surface area contributed by atoms with Crippen LogP contribution in [-0.2, 0) is 12.7 Å². The van der Waals surface area contributed by atoms with Gasteiger partial charge in [-0.1, -0.05) is 12.1 Å². The fraction of sp³-hybridized carbons (Fsp3) is 0.182. The molecule has 0 aliphatic carbocycles. The lowest BCUT2D eigenvalue weighted by atomic mass is 10.2. The normalized spacial score (nSPS) is 11.8. The predicted octanol–water partition coefficient (Wildman–Crippen LogP) is 2.06. The van der Waals surface area contributed by atoms with E-state index in [1.807, 2.05) is 0 Å². The van der Waals surface area contributed by atoms with Gasteiger partial charge in [-0.05, 0) is 12.1 Å². The van der Waals surface area contributed by atoms with E-state index in [2.05, 4.69) is 5.10 Å². The van der Waals surface area contributed by atoms with Crippen molar-refractivity contribution in [2.75, 3.05) is 0 Å². The number of hydrogen-bond acceptors (Lipinski definition) is 3. The summed E-state index contributed by atoms with van der Waals surface area (Å²) in [6.45, 7) is -0.275. The number of phenolic OH excluding ortho intramolecular Hbond substituents is 1. The number of nitrogens with zero attached hydrogens (tertiary/aromatic N) is 2. The number of hydrogen-bond donors (Lipinski definition) is 2. The highest BCUT2D eigenvalue weighted by molar-refractivity contribution is 5.47. The van der Waals surface area contributed by atoms with E-state index in [0.29, 0.717) is 4.68 Å². The van der Waals surface area contributed by atoms with Gasteiger partial charge in [0.25, 0.3) is 0 Å². The molecule has 1 heterocycles. The van der Waals surface area contributed by atoms with Crippen LogP contribution in [0.3, 0.4) is 0 Å². The molecule has 96 valence electrons. The van der Waals surface area contributed by atoms with E-state index in [-0.39, 0.29) is 23.5 Å². The standard InChI is InChI=1S/C11H10F3N3O/c12-11(13,14)10-7(5-15)6-16-17(10)8-3-1-2-4-9(8)18/h1-4,6,18H,5,15H2. The Balaban J connectivity index is 2.66. The number of aromatic nitrogens is 2. The summed E-state index contributed by atoms with van der Waals surface area (Å²) in [7, 11) is 0. The van der Waals surface area contributed by atoms with Crippen molar-refractivity contribution in [3.63, 3.8) is 0 Å². The maximum absolute atomic E-state index is 12.9. The zero-order valence-corrected chi connectivity index (χ0v) is 9.15. The van der Waals surface area contributed by atoms with Crippen LogP contribution in [0.15, 0.2) is 30.5 Å². The number of benzene rings is 1. The van der Waals surface area contributed by atoms with E-state index in [4.69, 9.17) is 5.73 Å². The first-order valence-electron chi connectivity index (χ1n) is 5.07. The van der Waals surface area contributed by atoms with Gasteiger partial charge in [0, 0.05) is 12.1 Å². The van der Waals surface area contributed by atoms with Gasteiger partial charge < -0.3 is 10.8 Å². The number of para-hydroxylation sites is 2. The monoisotopic (exact) mass is 257 g/mol. The molecule has 3 N–H and O–H groups in total. The lowest BCUT2D eigenvalue weighted by Crippen LogP contribution is -2.16. The summed E-state index contributed by atoms with van der Waals surface area (Å²) >= 11 is 0. The molecule has 2 rings (SSSR count). The van der Waals surface area contributed by atoms with Crippen LogP contribution in [0.25, 0.3) is 5.69 Å². The minimum atomic E-state index is -4.59. The number of aromatic hydroxyl groups is 1. The van der Waals surface area contributed by atoms with Crippen molar-refractivity contribution < 1.29 is 18.3 Å². The Morgan fingerprint density at radius 2 is 1.94 bits per heavy atom. The molecule has 0 saturated carbocycles. The second kappa shape index (κ2) is 4.34. The third kappa shape index (κ3) is 2.04. The first kappa shape index (κ1) is 12.4. The average molecular weight is 257 g/mol. The van der Waals surface area contributed by atoms with Gasteiger partial charge in [-0.15, -0.1) is 0 Å². The third-order valence-corrected chi connectivity index (χ3v) is 2.44. The highest BCUT2D eigenvalue weighted by Gasteiger charge is 2.38. The van der Waals surface area contributed by atoms with Gasteiger partial charge in [0.2, 0.25) is 0 Å². The van der Waals surface area contributed by atoms with Gasteiger partial charge in [-0.2, -0.15) is 18.3 Å². The fourth-order valence-electron chi connectivity index (χ4n) is 1.66. The van der Waals surface area contributed by atoms with Gasteiger partial charge >= 0.3 is 6.18 Å². The van der Waals surface area contributed by atoms with E-state index in [1.165, 1.54) is 24.3 Å². The van der Waals surface area contributed by atoms with Crippen LogP contribution in [0.1, 0.15) is 11.3 Å². The topological polar surface area (TPSA) is 64.1 Å². The Bertz CT molecular complexity index is 563. The average Bonchev–Trinajstić information content (AvgIpc) is 2.73. The smallest absolute Gasteiger partial charge is 0.433 e. The fourth-order valence-corrected chi connectivity index (χ4v) is 1.66. The molecule has 0 atom stereocenters. The molecule has 0 aliphatic heterocycles. The van der Waals surface area contributed by atoms with Crippen LogP contribution < -0.4 is 5.73 Å². The molecule has 1 aromatic heterocycles. The zero-order chi connectivity index (χ0) is 13.3. The van der Waals surface area contributed by atoms with Crippen molar-refractivity contribution in [3.8, 4) is 11.4 Å². The molecule has 0 fully saturated rings. The summed E-state index contributed by atoms with van der Waals surface area (Å²) in [5.74, 6) is -0.283. The van der Waals surface area contributed by atoms with Crippen molar-refractivity contribution in [3.05, 3.63) is 41.7 Å². The molecular weight excluding hydrogens is 247 g/mol. The minimum Gasteiger partial charge on any atom is -0.506 e. The molecule has 0 bridgehead atoms. The molecule has 4 nitrogen and oxygen atoms in total. The highest BCUT2D eigenvalue weighted by Crippen LogP contribution is 2.35. The Morgan fingerprint density at radius 3 is 2.50 bits per heavy atom. The molecule has 0 aliphatic rings. The van der Waals surface area contributed by atoms with E-state index >= 15 is 0 Å². The summed E-state index contributed by atoms with van der Waals surface area (Å²) < 4.78 is 39.5. The summed E-state index contributed by atoms with van der Waals surface area (Å²) in [6, 6.07) is 5.66. The first-order valence-corrected chi connectivity index (χ1v) is 5.07. The van der Waals surface area contributed by atoms with E-state index in [0.717, 1.165) is 6.20 Å². The van der Waals surface area contributed by atoms with Gasteiger partial charge in [0.05, 0.1) is 6.20 Å². The number of nitrogens with two attached hydrogens (primary N) is 1. The largest absolute Gasteiger partial charge is 0.506 e. The third-order valence-electron chi connectivity index (χ3n) is 2.44. The summed E-state index contributed by atoms with van der Waals surface area (Å²) in [5.41, 5.74) is 4.14. The van der Waals surface area contributed by atoms with Crippen molar-refractivity contribution >= 4 is 0 Å². The molecule has 1 aromatic carbocycles. The van der Waals surface area contributed by atoms with Crippen LogP contribution in [-0.4, -0.2) is 14.9 Å². The maximum atomic E-state index is 12.9. The Morgan fingerprint density at radius 1 is 1.28 bits per heavy atom. The van der Waals surface area contributed by atoms with Crippen molar-refractivity contribution in [2.24, 2.45) is 5.73 Å². The molecule has 0 spiro atoms. The summed E-state index contributed by atoms with van der Waals surface area (Å²) in [6.07, 6.45) is -3.54. The second-order valence-corrected chi connectivity index (χ2v) is 3.62. The lowest BCUT2D eigenvalue weighted by molar-refractivity contribution is -0.143. The summed E-state index contributed by atoms with van der Waals surface area (Å²) in [4.78, 5) is 0. The van der Waals surface area contributed by atoms with Crippen LogP contribution in [0.2, 0.25) is 0 Å². The number of rotatable bonds is 2. The second-order valence-electron chi connectivity index (χ2n) is 3.62. The molecule has 18 heavy (non-hydrogen) atoms. The van der Waals surface area contributed by atoms with E-state index < -0.39 is 11.9 Å². The Hall–Kier alpha value is -2.02. The molecule has 0 unspecified atom stereocenters. The Labute approximate surface area is 100 Å². The number of phenols is 1. The van der Waals surface area contributed by atoms with Crippen LogP contribution in [0.4, 0.5) is 13.2 Å². The predicted molar refractivity (Wildman–Crippen MR) is 58.1 cm³/mol. The molecule has 2 aromatic rings. The van der Waals surface area contributed by atoms with E-state index in [1.54, 1.807) is 0 Å². The quantitative estimate of drug-likeness (QED) is 0.865. The molecule has 0 radical (unpaired) electrons. The summed E-state index contributed by atoms with van der Waals surface area (Å²) in [5, 5.41) is 13.2. The zero-order valence-electron chi connectivity index (χ0n) is 9.15. The van der Waals surface area contributed by atoms with Crippen LogP contribution in [0.5, 0.6) is 5.75 Å². The van der Waals surface area contributed by atoms with Crippen molar-refractivity contribution in [1.29, 1.82) is 0 Å². The maximum Gasteiger partial charge on any atom is 0.433 e. The molecular formula is C11H10F3N3O. The Kier molecular flexibility index (Phi) is 3.00. The van der Waals surface area contributed by atoms with Gasteiger partial charge in [0.1, 0.15) is 11.4 Å². The van der Waals surface area contributed by atoms with Crippen LogP contribution >= 0.6 is 0 Å². The van der Waals surface area contributed by atoms with Crippen LogP contribution in [0, 0.1) is 0 Å². The SMILES string of the molecule is NCc1cnn(-c2ccccc2O)c1C(F)(F)F. The van der Waals surface area contributed by atoms with Gasteiger partial charge in [0.15, 0.2) is 5.69 Å². The molecule has 0 saturated heterocycles. The molecule has 0 amide bonds.